The van der Waals surface area contributed by atoms with E-state index in [1.807, 2.05) is 0 Å². The molecule has 0 bridgehead atoms. The summed E-state index contributed by atoms with van der Waals surface area (Å²) in [4.78, 5) is 0. The zero-order valence-corrected chi connectivity index (χ0v) is 21.3. The van der Waals surface area contributed by atoms with Crippen LogP contribution < -0.4 is 0 Å². The van der Waals surface area contributed by atoms with Crippen LogP contribution in [-0.2, 0) is 0 Å². The molecule has 0 aliphatic heterocycles. The van der Waals surface area contributed by atoms with E-state index in [0.29, 0.717) is 0 Å². The SMILES string of the molecule is CC=CCCCCCCCCCCCCCCCCCCCCCCCCC=CC. The number of hydrogen-bond donors (Lipinski definition) is 0. The second kappa shape index (κ2) is 28.5. The first-order valence-electron chi connectivity index (χ1n) is 14.1. The molecular weight excluding hydrogens is 360 g/mol. The molecule has 0 N–H and O–H groups in total. The third-order valence-corrected chi connectivity index (χ3v) is 6.46. The van der Waals surface area contributed by atoms with Crippen LogP contribution in [0.1, 0.15) is 168 Å². The first kappa shape index (κ1) is 29.5. The van der Waals surface area contributed by atoms with Gasteiger partial charge in [0.05, 0.1) is 0 Å². The molecule has 0 unspecified atom stereocenters. The Hall–Kier alpha value is -0.520. The fraction of sp³-hybridized carbons (Fsp3) is 0.867. The van der Waals surface area contributed by atoms with E-state index in [4.69, 9.17) is 0 Å². The normalized spacial score (nSPS) is 11.9. The van der Waals surface area contributed by atoms with Gasteiger partial charge in [-0.1, -0.05) is 153 Å². The van der Waals surface area contributed by atoms with Crippen LogP contribution in [-0.4, -0.2) is 0 Å². The molecule has 0 fully saturated rings. The largest absolute Gasteiger partial charge is 0.0917 e. The molecule has 0 heterocycles. The Morgan fingerprint density at radius 1 is 0.267 bits per heavy atom. The molecule has 0 nitrogen and oxygen atoms in total. The minimum Gasteiger partial charge on any atom is -0.0917 e. The third kappa shape index (κ3) is 27.5. The van der Waals surface area contributed by atoms with Crippen molar-refractivity contribution in [1.29, 1.82) is 0 Å². The molecule has 0 amide bonds. The molecule has 0 aromatic rings. The molecule has 0 rings (SSSR count). The van der Waals surface area contributed by atoms with Gasteiger partial charge >= 0.3 is 0 Å². The lowest BCUT2D eigenvalue weighted by Gasteiger charge is -2.04. The smallest absolute Gasteiger partial charge is 0.0351 e. The van der Waals surface area contributed by atoms with E-state index in [0.717, 1.165) is 0 Å². The minimum absolute atomic E-state index is 1.29. The fourth-order valence-corrected chi connectivity index (χ4v) is 4.39. The van der Waals surface area contributed by atoms with Crippen LogP contribution in [0.15, 0.2) is 24.3 Å². The Bertz CT molecular complexity index is 304. The van der Waals surface area contributed by atoms with Gasteiger partial charge in [0.2, 0.25) is 0 Å². The summed E-state index contributed by atoms with van der Waals surface area (Å²) in [5, 5.41) is 0. The van der Waals surface area contributed by atoms with Crippen molar-refractivity contribution in [2.75, 3.05) is 0 Å². The van der Waals surface area contributed by atoms with Crippen molar-refractivity contribution < 1.29 is 0 Å². The van der Waals surface area contributed by atoms with Gasteiger partial charge < -0.3 is 0 Å². The lowest BCUT2D eigenvalue weighted by molar-refractivity contribution is 0.518. The standard InChI is InChI=1S/C30H58/c1-3-5-7-9-11-13-15-17-19-21-23-25-27-29-30-28-26-24-22-20-18-16-14-12-10-8-6-4-2/h3-6H,7-30H2,1-2H3. The van der Waals surface area contributed by atoms with E-state index < -0.39 is 0 Å². The lowest BCUT2D eigenvalue weighted by Crippen LogP contribution is -1.84. The van der Waals surface area contributed by atoms with Crippen molar-refractivity contribution in [2.24, 2.45) is 0 Å². The number of unbranched alkanes of at least 4 members (excludes halogenated alkanes) is 23. The molecule has 0 aliphatic carbocycles. The summed E-state index contributed by atoms with van der Waals surface area (Å²) in [6.45, 7) is 4.25. The Balaban J connectivity index is 3.00. The number of hydrogen-bond acceptors (Lipinski definition) is 0. The molecule has 0 atom stereocenters. The predicted molar refractivity (Wildman–Crippen MR) is 140 cm³/mol. The highest BCUT2D eigenvalue weighted by Gasteiger charge is 1.96. The molecular formula is C30H58. The van der Waals surface area contributed by atoms with Crippen LogP contribution in [0.5, 0.6) is 0 Å². The third-order valence-electron chi connectivity index (χ3n) is 6.46. The Morgan fingerprint density at radius 3 is 0.600 bits per heavy atom. The van der Waals surface area contributed by atoms with Gasteiger partial charge in [0.15, 0.2) is 0 Å². The van der Waals surface area contributed by atoms with Gasteiger partial charge in [-0.15, -0.1) is 0 Å². The maximum Gasteiger partial charge on any atom is -0.0351 e. The lowest BCUT2D eigenvalue weighted by atomic mass is 10.0. The Morgan fingerprint density at radius 2 is 0.433 bits per heavy atom. The second-order valence-corrected chi connectivity index (χ2v) is 9.49. The van der Waals surface area contributed by atoms with Gasteiger partial charge in [-0.2, -0.15) is 0 Å². The quantitative estimate of drug-likeness (QED) is 0.102. The predicted octanol–water partition coefficient (Wildman–Crippen LogP) is 11.5. The van der Waals surface area contributed by atoms with Gasteiger partial charge in [0.1, 0.15) is 0 Å². The van der Waals surface area contributed by atoms with Gasteiger partial charge in [-0.3, -0.25) is 0 Å². The zero-order valence-electron chi connectivity index (χ0n) is 21.3. The maximum absolute atomic E-state index is 2.30. The van der Waals surface area contributed by atoms with E-state index in [-0.39, 0.29) is 0 Å². The number of rotatable bonds is 25. The van der Waals surface area contributed by atoms with E-state index in [1.165, 1.54) is 154 Å². The van der Waals surface area contributed by atoms with E-state index in [2.05, 4.69) is 38.2 Å². The summed E-state index contributed by atoms with van der Waals surface area (Å²) in [7, 11) is 0. The average molecular weight is 419 g/mol. The average Bonchev–Trinajstić information content (AvgIpc) is 2.76. The summed E-state index contributed by atoms with van der Waals surface area (Å²) in [6, 6.07) is 0. The van der Waals surface area contributed by atoms with Crippen LogP contribution in [0.25, 0.3) is 0 Å². The summed E-state index contributed by atoms with van der Waals surface area (Å²) >= 11 is 0. The molecule has 0 heteroatoms. The van der Waals surface area contributed by atoms with Crippen molar-refractivity contribution in [3.63, 3.8) is 0 Å². The van der Waals surface area contributed by atoms with Crippen molar-refractivity contribution in [2.45, 2.75) is 168 Å². The highest BCUT2D eigenvalue weighted by atomic mass is 14.0. The van der Waals surface area contributed by atoms with E-state index in [1.54, 1.807) is 0 Å². The first-order valence-corrected chi connectivity index (χ1v) is 14.1. The Kier molecular flexibility index (Phi) is 28.0. The van der Waals surface area contributed by atoms with Crippen LogP contribution in [0.2, 0.25) is 0 Å². The van der Waals surface area contributed by atoms with Crippen molar-refractivity contribution >= 4 is 0 Å². The van der Waals surface area contributed by atoms with Crippen molar-refractivity contribution in [3.8, 4) is 0 Å². The van der Waals surface area contributed by atoms with Crippen LogP contribution in [0.4, 0.5) is 0 Å². The molecule has 0 saturated carbocycles. The molecule has 0 aromatic carbocycles. The van der Waals surface area contributed by atoms with Crippen LogP contribution >= 0.6 is 0 Å². The van der Waals surface area contributed by atoms with Gasteiger partial charge in [0.25, 0.3) is 0 Å². The maximum atomic E-state index is 2.30. The van der Waals surface area contributed by atoms with Gasteiger partial charge in [-0.25, -0.2) is 0 Å². The fourth-order valence-electron chi connectivity index (χ4n) is 4.39. The second-order valence-electron chi connectivity index (χ2n) is 9.49. The minimum atomic E-state index is 1.29. The van der Waals surface area contributed by atoms with Crippen molar-refractivity contribution in [3.05, 3.63) is 24.3 Å². The number of allylic oxidation sites excluding steroid dienone is 4. The highest BCUT2D eigenvalue weighted by molar-refractivity contribution is 4.76. The van der Waals surface area contributed by atoms with E-state index >= 15 is 0 Å². The zero-order chi connectivity index (χ0) is 21.8. The molecule has 178 valence electrons. The van der Waals surface area contributed by atoms with Gasteiger partial charge in [0, 0.05) is 0 Å². The summed E-state index contributed by atoms with van der Waals surface area (Å²) in [6.07, 6.45) is 43.8. The molecule has 30 heavy (non-hydrogen) atoms. The Labute approximate surface area is 192 Å². The summed E-state index contributed by atoms with van der Waals surface area (Å²) < 4.78 is 0. The monoisotopic (exact) mass is 418 g/mol. The summed E-state index contributed by atoms with van der Waals surface area (Å²) in [5.41, 5.74) is 0. The molecule has 0 aliphatic rings. The summed E-state index contributed by atoms with van der Waals surface area (Å²) in [5.74, 6) is 0. The van der Waals surface area contributed by atoms with Crippen molar-refractivity contribution in [1.82, 2.24) is 0 Å². The first-order chi connectivity index (χ1) is 14.9. The topological polar surface area (TPSA) is 0 Å². The molecule has 0 spiro atoms. The van der Waals surface area contributed by atoms with Crippen LogP contribution in [0, 0.1) is 0 Å². The molecule has 0 aromatic heterocycles. The molecule has 0 saturated heterocycles. The van der Waals surface area contributed by atoms with Gasteiger partial charge in [-0.05, 0) is 39.5 Å². The molecule has 0 radical (unpaired) electrons. The van der Waals surface area contributed by atoms with Crippen LogP contribution in [0.3, 0.4) is 0 Å². The van der Waals surface area contributed by atoms with E-state index in [9.17, 15) is 0 Å². The highest BCUT2D eigenvalue weighted by Crippen LogP contribution is 2.15.